The predicted octanol–water partition coefficient (Wildman–Crippen LogP) is 1.57. The minimum absolute atomic E-state index is 0.0891. The standard InChI is InChI=1S/C20H29N3O6S/c1-4-14(2)15-5-7-16(8-6-15)29-13-18(25)22-23-20(30)21-17(24)9-10-19(26)28-12-11-27-3/h5-8,14H,4,9-13H2,1-3H3,(H,22,25)(H2,21,23,24,30). The number of methoxy groups -OCH3 is 1. The summed E-state index contributed by atoms with van der Waals surface area (Å²) in [6.07, 6.45) is 0.856. The van der Waals surface area contributed by atoms with Crippen LogP contribution in [0.15, 0.2) is 24.3 Å². The van der Waals surface area contributed by atoms with Crippen molar-refractivity contribution in [2.24, 2.45) is 0 Å². The zero-order valence-electron chi connectivity index (χ0n) is 17.5. The topological polar surface area (TPSA) is 115 Å². The van der Waals surface area contributed by atoms with E-state index in [-0.39, 0.29) is 31.2 Å². The molecular formula is C20H29N3O6S. The quantitative estimate of drug-likeness (QED) is 0.206. The highest BCUT2D eigenvalue weighted by Gasteiger charge is 2.10. The number of ether oxygens (including phenoxy) is 3. The fourth-order valence-electron chi connectivity index (χ4n) is 2.19. The van der Waals surface area contributed by atoms with Crippen LogP contribution in [0.1, 0.15) is 44.6 Å². The van der Waals surface area contributed by atoms with E-state index >= 15 is 0 Å². The zero-order chi connectivity index (χ0) is 22.4. The molecule has 0 aromatic heterocycles. The third-order valence-corrected chi connectivity index (χ3v) is 4.31. The summed E-state index contributed by atoms with van der Waals surface area (Å²) in [4.78, 5) is 35.0. The molecule has 1 rings (SSSR count). The summed E-state index contributed by atoms with van der Waals surface area (Å²) in [5.74, 6) is -0.430. The van der Waals surface area contributed by atoms with Gasteiger partial charge in [0.15, 0.2) is 11.7 Å². The summed E-state index contributed by atoms with van der Waals surface area (Å²) in [6.45, 7) is 4.47. The molecule has 0 aliphatic heterocycles. The van der Waals surface area contributed by atoms with Gasteiger partial charge in [-0.05, 0) is 42.3 Å². The first-order valence-electron chi connectivity index (χ1n) is 9.61. The smallest absolute Gasteiger partial charge is 0.306 e. The first kappa shape index (κ1) is 25.3. The van der Waals surface area contributed by atoms with Crippen LogP contribution in [-0.2, 0) is 23.9 Å². The molecule has 0 saturated heterocycles. The number of carbonyl (C=O) groups excluding carboxylic acids is 3. The van der Waals surface area contributed by atoms with Gasteiger partial charge < -0.3 is 19.5 Å². The van der Waals surface area contributed by atoms with E-state index in [1.165, 1.54) is 12.7 Å². The van der Waals surface area contributed by atoms with Crippen molar-refractivity contribution in [1.29, 1.82) is 0 Å². The highest BCUT2D eigenvalue weighted by molar-refractivity contribution is 7.80. The number of thiocarbonyl (C=S) groups is 1. The van der Waals surface area contributed by atoms with Gasteiger partial charge >= 0.3 is 5.97 Å². The normalized spacial score (nSPS) is 11.2. The molecule has 166 valence electrons. The molecule has 0 saturated carbocycles. The Hall–Kier alpha value is -2.72. The van der Waals surface area contributed by atoms with Gasteiger partial charge in [0.05, 0.1) is 13.0 Å². The van der Waals surface area contributed by atoms with Crippen molar-refractivity contribution in [1.82, 2.24) is 16.2 Å². The summed E-state index contributed by atoms with van der Waals surface area (Å²) < 4.78 is 15.0. The molecular weight excluding hydrogens is 410 g/mol. The Morgan fingerprint density at radius 2 is 1.73 bits per heavy atom. The molecule has 1 aromatic carbocycles. The maximum atomic E-state index is 11.8. The lowest BCUT2D eigenvalue weighted by Gasteiger charge is -2.12. The Kier molecular flexibility index (Phi) is 12.1. The minimum atomic E-state index is -0.510. The third kappa shape index (κ3) is 10.7. The molecule has 2 amide bonds. The Morgan fingerprint density at radius 3 is 2.37 bits per heavy atom. The van der Waals surface area contributed by atoms with Crippen LogP contribution in [0.4, 0.5) is 0 Å². The maximum absolute atomic E-state index is 11.8. The average molecular weight is 440 g/mol. The molecule has 0 fully saturated rings. The molecule has 0 bridgehead atoms. The van der Waals surface area contributed by atoms with Gasteiger partial charge in [0.2, 0.25) is 5.91 Å². The molecule has 1 atom stereocenters. The van der Waals surface area contributed by atoms with Crippen LogP contribution in [0.25, 0.3) is 0 Å². The number of hydrogen-bond donors (Lipinski definition) is 3. The van der Waals surface area contributed by atoms with Crippen molar-refractivity contribution in [3.05, 3.63) is 29.8 Å². The number of hydrogen-bond acceptors (Lipinski definition) is 7. The highest BCUT2D eigenvalue weighted by Crippen LogP contribution is 2.21. The number of rotatable bonds is 11. The van der Waals surface area contributed by atoms with Gasteiger partial charge in [0.25, 0.3) is 5.91 Å². The molecule has 1 aromatic rings. The monoisotopic (exact) mass is 439 g/mol. The number of carbonyl (C=O) groups is 3. The van der Waals surface area contributed by atoms with Crippen molar-refractivity contribution in [3.63, 3.8) is 0 Å². The van der Waals surface area contributed by atoms with Crippen LogP contribution >= 0.6 is 12.2 Å². The number of esters is 1. The van der Waals surface area contributed by atoms with E-state index in [9.17, 15) is 14.4 Å². The second-order valence-electron chi connectivity index (χ2n) is 6.43. The maximum Gasteiger partial charge on any atom is 0.306 e. The number of benzene rings is 1. The van der Waals surface area contributed by atoms with E-state index in [1.54, 1.807) is 0 Å². The SMILES string of the molecule is CCC(C)c1ccc(OCC(=O)NNC(=S)NC(=O)CCC(=O)OCCOC)cc1. The Labute approximate surface area is 181 Å². The van der Waals surface area contributed by atoms with E-state index in [4.69, 9.17) is 26.4 Å². The van der Waals surface area contributed by atoms with Gasteiger partial charge in [-0.1, -0.05) is 26.0 Å². The van der Waals surface area contributed by atoms with Crippen LogP contribution < -0.4 is 20.9 Å². The van der Waals surface area contributed by atoms with Crippen LogP contribution in [-0.4, -0.2) is 49.8 Å². The molecule has 0 aliphatic carbocycles. The van der Waals surface area contributed by atoms with Crippen LogP contribution in [0, 0.1) is 0 Å². The van der Waals surface area contributed by atoms with E-state index in [0.29, 0.717) is 18.3 Å². The molecule has 3 N–H and O–H groups in total. The molecule has 9 nitrogen and oxygen atoms in total. The van der Waals surface area contributed by atoms with Crippen LogP contribution in [0.5, 0.6) is 5.75 Å². The molecule has 0 radical (unpaired) electrons. The zero-order valence-corrected chi connectivity index (χ0v) is 18.3. The second-order valence-corrected chi connectivity index (χ2v) is 6.84. The highest BCUT2D eigenvalue weighted by atomic mass is 32.1. The first-order valence-corrected chi connectivity index (χ1v) is 10.0. The lowest BCUT2D eigenvalue weighted by Crippen LogP contribution is -2.49. The second kappa shape index (κ2) is 14.3. The number of nitrogens with one attached hydrogen (secondary N) is 3. The molecule has 0 heterocycles. The lowest BCUT2D eigenvalue weighted by atomic mass is 9.99. The Bertz CT molecular complexity index is 711. The number of hydrazine groups is 1. The van der Waals surface area contributed by atoms with Gasteiger partial charge in [0.1, 0.15) is 12.4 Å². The van der Waals surface area contributed by atoms with Gasteiger partial charge in [-0.15, -0.1) is 0 Å². The fourth-order valence-corrected chi connectivity index (χ4v) is 2.35. The van der Waals surface area contributed by atoms with E-state index in [2.05, 4.69) is 30.0 Å². The van der Waals surface area contributed by atoms with E-state index < -0.39 is 17.8 Å². The van der Waals surface area contributed by atoms with Gasteiger partial charge in [-0.2, -0.15) is 0 Å². The average Bonchev–Trinajstić information content (AvgIpc) is 2.74. The van der Waals surface area contributed by atoms with Gasteiger partial charge in [0, 0.05) is 13.5 Å². The first-order chi connectivity index (χ1) is 14.3. The number of amides is 2. The van der Waals surface area contributed by atoms with Gasteiger partial charge in [-0.25, -0.2) is 0 Å². The predicted molar refractivity (Wildman–Crippen MR) is 115 cm³/mol. The van der Waals surface area contributed by atoms with Crippen molar-refractivity contribution in [3.8, 4) is 5.75 Å². The third-order valence-electron chi connectivity index (χ3n) is 4.11. The van der Waals surface area contributed by atoms with E-state index in [0.717, 1.165) is 6.42 Å². The van der Waals surface area contributed by atoms with Crippen molar-refractivity contribution < 1.29 is 28.6 Å². The van der Waals surface area contributed by atoms with E-state index in [1.807, 2.05) is 24.3 Å². The summed E-state index contributed by atoms with van der Waals surface area (Å²) in [5.41, 5.74) is 5.93. The summed E-state index contributed by atoms with van der Waals surface area (Å²) in [5, 5.41) is 2.25. The summed E-state index contributed by atoms with van der Waals surface area (Å²) >= 11 is 4.91. The molecule has 1 unspecified atom stereocenters. The largest absolute Gasteiger partial charge is 0.484 e. The van der Waals surface area contributed by atoms with Crippen molar-refractivity contribution >= 4 is 35.1 Å². The summed E-state index contributed by atoms with van der Waals surface area (Å²) in [6, 6.07) is 7.57. The van der Waals surface area contributed by atoms with Crippen molar-refractivity contribution in [2.45, 2.75) is 39.0 Å². The molecule has 30 heavy (non-hydrogen) atoms. The lowest BCUT2D eigenvalue weighted by molar-refractivity contribution is -0.146. The fraction of sp³-hybridized carbons (Fsp3) is 0.500. The summed E-state index contributed by atoms with van der Waals surface area (Å²) in [7, 11) is 1.49. The van der Waals surface area contributed by atoms with Crippen molar-refractivity contribution in [2.75, 3.05) is 26.9 Å². The molecule has 0 spiro atoms. The van der Waals surface area contributed by atoms with Crippen LogP contribution in [0.3, 0.4) is 0 Å². The van der Waals surface area contributed by atoms with Crippen LogP contribution in [0.2, 0.25) is 0 Å². The molecule has 0 aliphatic rings. The minimum Gasteiger partial charge on any atom is -0.484 e. The Balaban J connectivity index is 2.22. The molecule has 10 heteroatoms. The Morgan fingerprint density at radius 1 is 1.03 bits per heavy atom. The van der Waals surface area contributed by atoms with Gasteiger partial charge in [-0.3, -0.25) is 25.2 Å².